The second-order valence-corrected chi connectivity index (χ2v) is 4.71. The molecule has 0 saturated carbocycles. The maximum Gasteiger partial charge on any atom is 0.305 e. The lowest BCUT2D eigenvalue weighted by atomic mass is 10.2. The molecule has 1 rings (SSSR count). The number of carbonyl (C=O) groups excluding carboxylic acids is 1. The smallest absolute Gasteiger partial charge is 0.305 e. The van der Waals surface area contributed by atoms with E-state index in [0.29, 0.717) is 18.5 Å². The third-order valence-electron chi connectivity index (χ3n) is 3.17. The van der Waals surface area contributed by atoms with Gasteiger partial charge in [0.05, 0.1) is 7.11 Å². The molecule has 1 saturated heterocycles. The molecule has 1 N–H and O–H groups in total. The fourth-order valence-corrected chi connectivity index (χ4v) is 2.06. The van der Waals surface area contributed by atoms with Crippen LogP contribution in [0.5, 0.6) is 0 Å². The van der Waals surface area contributed by atoms with Gasteiger partial charge in [0.25, 0.3) is 0 Å². The Morgan fingerprint density at radius 3 is 2.88 bits per heavy atom. The minimum Gasteiger partial charge on any atom is -0.469 e. The molecule has 0 bridgehead atoms. The monoisotopic (exact) mass is 228 g/mol. The van der Waals surface area contributed by atoms with Crippen LogP contribution < -0.4 is 5.32 Å². The molecule has 1 aliphatic rings. The van der Waals surface area contributed by atoms with Crippen LogP contribution in [0.4, 0.5) is 0 Å². The number of ether oxygens (including phenoxy) is 1. The molecule has 16 heavy (non-hydrogen) atoms. The Morgan fingerprint density at radius 1 is 1.56 bits per heavy atom. The minimum atomic E-state index is -0.114. The fraction of sp³-hybridized carbons (Fsp3) is 0.917. The number of likely N-dealkylation sites (tertiary alicyclic amines) is 1. The van der Waals surface area contributed by atoms with Gasteiger partial charge in [0, 0.05) is 25.0 Å². The van der Waals surface area contributed by atoms with Gasteiger partial charge in [-0.1, -0.05) is 0 Å². The van der Waals surface area contributed by atoms with Gasteiger partial charge in [-0.15, -0.1) is 0 Å². The third-order valence-corrected chi connectivity index (χ3v) is 3.17. The van der Waals surface area contributed by atoms with Crippen molar-refractivity contribution in [1.82, 2.24) is 10.2 Å². The molecule has 0 aromatic carbocycles. The molecule has 4 nitrogen and oxygen atoms in total. The van der Waals surface area contributed by atoms with Gasteiger partial charge in [-0.2, -0.15) is 0 Å². The van der Waals surface area contributed by atoms with Crippen LogP contribution in [0.1, 0.15) is 33.1 Å². The Hall–Kier alpha value is -0.610. The van der Waals surface area contributed by atoms with E-state index in [-0.39, 0.29) is 5.97 Å². The van der Waals surface area contributed by atoms with Crippen molar-refractivity contribution in [3.8, 4) is 0 Å². The Balaban J connectivity index is 2.05. The number of nitrogens with zero attached hydrogens (tertiary/aromatic N) is 1. The number of methoxy groups -OCH3 is 1. The number of esters is 1. The van der Waals surface area contributed by atoms with E-state index in [9.17, 15) is 4.79 Å². The summed E-state index contributed by atoms with van der Waals surface area (Å²) < 4.78 is 4.60. The molecule has 1 aliphatic heterocycles. The molecule has 0 aromatic heterocycles. The highest BCUT2D eigenvalue weighted by atomic mass is 16.5. The van der Waals surface area contributed by atoms with Crippen LogP contribution in [0.15, 0.2) is 0 Å². The van der Waals surface area contributed by atoms with E-state index < -0.39 is 0 Å². The largest absolute Gasteiger partial charge is 0.469 e. The van der Waals surface area contributed by atoms with Crippen molar-refractivity contribution in [2.24, 2.45) is 0 Å². The lowest BCUT2D eigenvalue weighted by Crippen LogP contribution is -2.35. The molecule has 1 heterocycles. The van der Waals surface area contributed by atoms with Gasteiger partial charge in [0.1, 0.15) is 0 Å². The zero-order chi connectivity index (χ0) is 12.0. The zero-order valence-electron chi connectivity index (χ0n) is 10.7. The summed E-state index contributed by atoms with van der Waals surface area (Å²) in [5.74, 6) is -0.114. The quantitative estimate of drug-likeness (QED) is 0.544. The minimum absolute atomic E-state index is 0.114. The van der Waals surface area contributed by atoms with Crippen molar-refractivity contribution in [2.75, 3.05) is 26.7 Å². The first kappa shape index (κ1) is 13.5. The predicted molar refractivity (Wildman–Crippen MR) is 64.4 cm³/mol. The molecular formula is C12H24N2O2. The van der Waals surface area contributed by atoms with Gasteiger partial charge in [0.15, 0.2) is 0 Å². The van der Waals surface area contributed by atoms with Crippen LogP contribution in [0, 0.1) is 0 Å². The molecule has 1 fully saturated rings. The lowest BCUT2D eigenvalue weighted by Gasteiger charge is -2.20. The molecule has 4 heteroatoms. The Morgan fingerprint density at radius 2 is 2.31 bits per heavy atom. The van der Waals surface area contributed by atoms with Crippen LogP contribution in [0.25, 0.3) is 0 Å². The summed E-state index contributed by atoms with van der Waals surface area (Å²) in [4.78, 5) is 13.4. The molecular weight excluding hydrogens is 204 g/mol. The molecule has 0 aromatic rings. The summed E-state index contributed by atoms with van der Waals surface area (Å²) in [5.41, 5.74) is 0. The number of hydrogen-bond donors (Lipinski definition) is 1. The topological polar surface area (TPSA) is 41.6 Å². The SMILES string of the molecule is COC(=O)CCCNC1CCN(C(C)C)C1. The van der Waals surface area contributed by atoms with Crippen molar-refractivity contribution in [2.45, 2.75) is 45.2 Å². The standard InChI is InChI=1S/C12H24N2O2/c1-10(2)14-8-6-11(9-14)13-7-4-5-12(15)16-3/h10-11,13H,4-9H2,1-3H3. The van der Waals surface area contributed by atoms with E-state index in [0.717, 1.165) is 19.5 Å². The summed E-state index contributed by atoms with van der Waals surface area (Å²) in [6.45, 7) is 7.70. The highest BCUT2D eigenvalue weighted by Crippen LogP contribution is 2.12. The average Bonchev–Trinajstić information content (AvgIpc) is 2.72. The molecule has 0 radical (unpaired) electrons. The highest BCUT2D eigenvalue weighted by molar-refractivity contribution is 5.69. The fourth-order valence-electron chi connectivity index (χ4n) is 2.06. The zero-order valence-corrected chi connectivity index (χ0v) is 10.7. The van der Waals surface area contributed by atoms with Gasteiger partial charge in [-0.05, 0) is 39.8 Å². The number of hydrogen-bond acceptors (Lipinski definition) is 4. The molecule has 94 valence electrons. The van der Waals surface area contributed by atoms with Crippen LogP contribution >= 0.6 is 0 Å². The van der Waals surface area contributed by atoms with Gasteiger partial charge >= 0.3 is 5.97 Å². The maximum atomic E-state index is 10.9. The van der Waals surface area contributed by atoms with E-state index in [1.54, 1.807) is 0 Å². The van der Waals surface area contributed by atoms with Crippen LogP contribution in [-0.4, -0.2) is 49.7 Å². The van der Waals surface area contributed by atoms with Gasteiger partial charge < -0.3 is 10.1 Å². The van der Waals surface area contributed by atoms with Crippen LogP contribution in [0.3, 0.4) is 0 Å². The first-order chi connectivity index (χ1) is 7.63. The van der Waals surface area contributed by atoms with Crippen molar-refractivity contribution in [3.05, 3.63) is 0 Å². The normalized spacial score (nSPS) is 21.6. The van der Waals surface area contributed by atoms with Crippen LogP contribution in [-0.2, 0) is 9.53 Å². The third kappa shape index (κ3) is 4.49. The lowest BCUT2D eigenvalue weighted by molar-refractivity contribution is -0.140. The van der Waals surface area contributed by atoms with Crippen molar-refractivity contribution >= 4 is 5.97 Å². The summed E-state index contributed by atoms with van der Waals surface area (Å²) in [6, 6.07) is 1.24. The van der Waals surface area contributed by atoms with E-state index in [2.05, 4.69) is 28.8 Å². The van der Waals surface area contributed by atoms with Crippen molar-refractivity contribution < 1.29 is 9.53 Å². The Bertz CT molecular complexity index is 219. The first-order valence-corrected chi connectivity index (χ1v) is 6.17. The second kappa shape index (κ2) is 6.86. The van der Waals surface area contributed by atoms with Crippen molar-refractivity contribution in [1.29, 1.82) is 0 Å². The number of nitrogens with one attached hydrogen (secondary N) is 1. The first-order valence-electron chi connectivity index (χ1n) is 6.17. The molecule has 0 aliphatic carbocycles. The number of carbonyl (C=O) groups is 1. The second-order valence-electron chi connectivity index (χ2n) is 4.71. The summed E-state index contributed by atoms with van der Waals surface area (Å²) in [5, 5.41) is 3.50. The Kier molecular flexibility index (Phi) is 5.77. The van der Waals surface area contributed by atoms with E-state index in [1.807, 2.05) is 0 Å². The maximum absolute atomic E-state index is 10.9. The predicted octanol–water partition coefficient (Wildman–Crippen LogP) is 1.01. The molecule has 1 atom stereocenters. The Labute approximate surface area is 98.3 Å². The number of rotatable bonds is 6. The molecule has 0 spiro atoms. The van der Waals surface area contributed by atoms with E-state index >= 15 is 0 Å². The average molecular weight is 228 g/mol. The van der Waals surface area contributed by atoms with Gasteiger partial charge in [0.2, 0.25) is 0 Å². The van der Waals surface area contributed by atoms with Crippen molar-refractivity contribution in [3.63, 3.8) is 0 Å². The van der Waals surface area contributed by atoms with E-state index in [1.165, 1.54) is 20.1 Å². The molecule has 1 unspecified atom stereocenters. The van der Waals surface area contributed by atoms with E-state index in [4.69, 9.17) is 0 Å². The van der Waals surface area contributed by atoms with Gasteiger partial charge in [-0.25, -0.2) is 0 Å². The molecule has 0 amide bonds. The van der Waals surface area contributed by atoms with Crippen LogP contribution in [0.2, 0.25) is 0 Å². The highest BCUT2D eigenvalue weighted by Gasteiger charge is 2.23. The summed E-state index contributed by atoms with van der Waals surface area (Å²) in [6.07, 6.45) is 2.60. The van der Waals surface area contributed by atoms with Gasteiger partial charge in [-0.3, -0.25) is 9.69 Å². The summed E-state index contributed by atoms with van der Waals surface area (Å²) >= 11 is 0. The summed E-state index contributed by atoms with van der Waals surface area (Å²) in [7, 11) is 1.44.